The number of hydrogen-bond acceptors (Lipinski definition) is 2. The molecule has 1 aromatic rings. The Kier molecular flexibility index (Phi) is 4.61. The number of nitrogens with one attached hydrogen (secondary N) is 1. The van der Waals surface area contributed by atoms with E-state index < -0.39 is 0 Å². The van der Waals surface area contributed by atoms with Gasteiger partial charge in [-0.1, -0.05) is 29.8 Å². The summed E-state index contributed by atoms with van der Waals surface area (Å²) < 4.78 is 0. The Hall–Kier alpha value is -1.06. The second-order valence-electron chi connectivity index (χ2n) is 4.71. The van der Waals surface area contributed by atoms with Crippen LogP contribution in [-0.2, 0) is 4.79 Å². The van der Waals surface area contributed by atoms with Crippen LogP contribution < -0.4 is 5.32 Å². The van der Waals surface area contributed by atoms with Crippen LogP contribution in [0.1, 0.15) is 31.4 Å². The Labute approximate surface area is 113 Å². The number of hydrogen-bond donors (Lipinski definition) is 1. The van der Waals surface area contributed by atoms with Crippen LogP contribution in [0.15, 0.2) is 24.3 Å². The molecule has 0 bridgehead atoms. The maximum Gasteiger partial charge on any atom is 0.236 e. The van der Waals surface area contributed by atoms with Crippen molar-refractivity contribution in [3.63, 3.8) is 0 Å². The maximum atomic E-state index is 11.9. The van der Waals surface area contributed by atoms with Gasteiger partial charge in [-0.2, -0.15) is 0 Å². The number of halogens is 1. The van der Waals surface area contributed by atoms with E-state index in [-0.39, 0.29) is 11.9 Å². The molecule has 1 aliphatic heterocycles. The Morgan fingerprint density at radius 2 is 2.06 bits per heavy atom. The van der Waals surface area contributed by atoms with E-state index in [1.807, 2.05) is 36.1 Å². The Balaban J connectivity index is 1.86. The SMILES string of the molecule is C[C@@H](NCC(=O)N1CCCC1)c1ccccc1Cl. The molecule has 4 heteroatoms. The topological polar surface area (TPSA) is 32.3 Å². The van der Waals surface area contributed by atoms with Gasteiger partial charge < -0.3 is 10.2 Å². The molecule has 0 unspecified atom stereocenters. The lowest BCUT2D eigenvalue weighted by molar-refractivity contribution is -0.129. The minimum Gasteiger partial charge on any atom is -0.342 e. The van der Waals surface area contributed by atoms with Crippen LogP contribution in [-0.4, -0.2) is 30.4 Å². The fourth-order valence-corrected chi connectivity index (χ4v) is 2.55. The standard InChI is InChI=1S/C14H19ClN2O/c1-11(12-6-2-3-7-13(12)15)16-10-14(18)17-8-4-5-9-17/h2-3,6-7,11,16H,4-5,8-10H2,1H3/t11-/m1/s1. The lowest BCUT2D eigenvalue weighted by Crippen LogP contribution is -2.37. The van der Waals surface area contributed by atoms with Gasteiger partial charge in [0, 0.05) is 24.2 Å². The van der Waals surface area contributed by atoms with Crippen molar-refractivity contribution < 1.29 is 4.79 Å². The van der Waals surface area contributed by atoms with Gasteiger partial charge in [0.2, 0.25) is 5.91 Å². The third-order valence-corrected chi connectivity index (χ3v) is 3.73. The molecule has 0 spiro atoms. The Bertz CT molecular complexity index is 416. The molecule has 1 amide bonds. The summed E-state index contributed by atoms with van der Waals surface area (Å²) in [6.45, 7) is 4.22. The molecule has 2 rings (SSSR count). The first-order valence-electron chi connectivity index (χ1n) is 6.44. The fraction of sp³-hybridized carbons (Fsp3) is 0.500. The normalized spacial score (nSPS) is 16.9. The zero-order chi connectivity index (χ0) is 13.0. The molecule has 98 valence electrons. The summed E-state index contributed by atoms with van der Waals surface area (Å²) in [6, 6.07) is 7.82. The van der Waals surface area contributed by atoms with E-state index in [2.05, 4.69) is 5.32 Å². The van der Waals surface area contributed by atoms with Crippen molar-refractivity contribution in [2.24, 2.45) is 0 Å². The van der Waals surface area contributed by atoms with E-state index in [0.717, 1.165) is 36.5 Å². The van der Waals surface area contributed by atoms with Crippen LogP contribution in [0.4, 0.5) is 0 Å². The predicted molar refractivity (Wildman–Crippen MR) is 73.7 cm³/mol. The Morgan fingerprint density at radius 1 is 1.39 bits per heavy atom. The number of rotatable bonds is 4. The molecule has 0 radical (unpaired) electrons. The predicted octanol–water partition coefficient (Wildman–Crippen LogP) is 2.61. The number of carbonyl (C=O) groups is 1. The van der Waals surface area contributed by atoms with Crippen LogP contribution >= 0.6 is 11.6 Å². The molecule has 0 aliphatic carbocycles. The summed E-state index contributed by atoms with van der Waals surface area (Å²) in [5.41, 5.74) is 1.04. The van der Waals surface area contributed by atoms with E-state index >= 15 is 0 Å². The molecule has 0 saturated carbocycles. The summed E-state index contributed by atoms with van der Waals surface area (Å²) >= 11 is 6.13. The van der Waals surface area contributed by atoms with Crippen molar-refractivity contribution in [1.82, 2.24) is 10.2 Å². The van der Waals surface area contributed by atoms with Crippen molar-refractivity contribution in [3.05, 3.63) is 34.9 Å². The Morgan fingerprint density at radius 3 is 2.72 bits per heavy atom. The number of nitrogens with zero attached hydrogens (tertiary/aromatic N) is 1. The van der Waals surface area contributed by atoms with E-state index in [1.54, 1.807) is 0 Å². The molecule has 0 aromatic heterocycles. The molecule has 1 N–H and O–H groups in total. The quantitative estimate of drug-likeness (QED) is 0.909. The monoisotopic (exact) mass is 266 g/mol. The summed E-state index contributed by atoms with van der Waals surface area (Å²) in [6.07, 6.45) is 2.26. The van der Waals surface area contributed by atoms with Gasteiger partial charge in [0.25, 0.3) is 0 Å². The minimum atomic E-state index is 0.0882. The minimum absolute atomic E-state index is 0.0882. The van der Waals surface area contributed by atoms with E-state index in [9.17, 15) is 4.79 Å². The van der Waals surface area contributed by atoms with Crippen molar-refractivity contribution >= 4 is 17.5 Å². The molecule has 1 atom stereocenters. The first-order chi connectivity index (χ1) is 8.68. The van der Waals surface area contributed by atoms with Crippen LogP contribution in [0.2, 0.25) is 5.02 Å². The van der Waals surface area contributed by atoms with Crippen molar-refractivity contribution in [2.45, 2.75) is 25.8 Å². The number of amides is 1. The molecule has 1 saturated heterocycles. The van der Waals surface area contributed by atoms with Gasteiger partial charge in [-0.15, -0.1) is 0 Å². The second-order valence-corrected chi connectivity index (χ2v) is 5.12. The molecule has 1 fully saturated rings. The summed E-state index contributed by atoms with van der Waals surface area (Å²) in [5.74, 6) is 0.186. The molecular weight excluding hydrogens is 248 g/mol. The van der Waals surface area contributed by atoms with Gasteiger partial charge in [0.05, 0.1) is 6.54 Å². The van der Waals surface area contributed by atoms with Crippen LogP contribution in [0.5, 0.6) is 0 Å². The molecule has 1 heterocycles. The van der Waals surface area contributed by atoms with Crippen LogP contribution in [0.25, 0.3) is 0 Å². The second kappa shape index (κ2) is 6.21. The van der Waals surface area contributed by atoms with Gasteiger partial charge in [-0.3, -0.25) is 4.79 Å². The molecule has 18 heavy (non-hydrogen) atoms. The summed E-state index contributed by atoms with van der Waals surface area (Å²) in [5, 5.41) is 3.98. The van der Waals surface area contributed by atoms with Gasteiger partial charge in [-0.25, -0.2) is 0 Å². The van der Waals surface area contributed by atoms with Crippen molar-refractivity contribution in [3.8, 4) is 0 Å². The molecular formula is C14H19ClN2O. The molecule has 1 aliphatic rings. The first-order valence-corrected chi connectivity index (χ1v) is 6.82. The van der Waals surface area contributed by atoms with Gasteiger partial charge >= 0.3 is 0 Å². The molecule has 3 nitrogen and oxygen atoms in total. The highest BCUT2D eigenvalue weighted by Gasteiger charge is 2.18. The third kappa shape index (κ3) is 3.24. The highest BCUT2D eigenvalue weighted by atomic mass is 35.5. The van der Waals surface area contributed by atoms with Crippen LogP contribution in [0, 0.1) is 0 Å². The number of carbonyl (C=O) groups excluding carboxylic acids is 1. The highest BCUT2D eigenvalue weighted by Crippen LogP contribution is 2.21. The lowest BCUT2D eigenvalue weighted by atomic mass is 10.1. The third-order valence-electron chi connectivity index (χ3n) is 3.39. The van der Waals surface area contributed by atoms with Gasteiger partial charge in [0.15, 0.2) is 0 Å². The van der Waals surface area contributed by atoms with Crippen molar-refractivity contribution in [2.75, 3.05) is 19.6 Å². The van der Waals surface area contributed by atoms with Crippen LogP contribution in [0.3, 0.4) is 0 Å². The number of likely N-dealkylation sites (tertiary alicyclic amines) is 1. The van der Waals surface area contributed by atoms with E-state index in [1.165, 1.54) is 0 Å². The maximum absolute atomic E-state index is 11.9. The fourth-order valence-electron chi connectivity index (χ4n) is 2.25. The highest BCUT2D eigenvalue weighted by molar-refractivity contribution is 6.31. The van der Waals surface area contributed by atoms with Crippen molar-refractivity contribution in [1.29, 1.82) is 0 Å². The average molecular weight is 267 g/mol. The smallest absolute Gasteiger partial charge is 0.236 e. The van der Waals surface area contributed by atoms with E-state index in [0.29, 0.717) is 6.54 Å². The average Bonchev–Trinajstić information content (AvgIpc) is 2.90. The summed E-state index contributed by atoms with van der Waals surface area (Å²) in [7, 11) is 0. The van der Waals surface area contributed by atoms with Gasteiger partial charge in [-0.05, 0) is 31.4 Å². The zero-order valence-corrected chi connectivity index (χ0v) is 11.4. The summed E-state index contributed by atoms with van der Waals surface area (Å²) in [4.78, 5) is 13.8. The zero-order valence-electron chi connectivity index (χ0n) is 10.7. The first kappa shape index (κ1) is 13.4. The largest absolute Gasteiger partial charge is 0.342 e. The number of benzene rings is 1. The van der Waals surface area contributed by atoms with E-state index in [4.69, 9.17) is 11.6 Å². The van der Waals surface area contributed by atoms with Gasteiger partial charge in [0.1, 0.15) is 0 Å². The molecule has 1 aromatic carbocycles. The lowest BCUT2D eigenvalue weighted by Gasteiger charge is -2.19.